The van der Waals surface area contributed by atoms with E-state index in [9.17, 15) is 4.79 Å². The van der Waals surface area contributed by atoms with Gasteiger partial charge in [-0.05, 0) is 30.2 Å². The standard InChI is InChI=1S/C16H17NO2.C2H4N2/c1-12-4-6-13(7-5-12)14-8-9-16(19-11-18)15(10-14)17(2)3;3-1-2-4/h4-11H,1-3H3;1,3H2. The highest BCUT2D eigenvalue weighted by molar-refractivity contribution is 5.73. The van der Waals surface area contributed by atoms with E-state index in [1.807, 2.05) is 37.2 Å². The van der Waals surface area contributed by atoms with Gasteiger partial charge in [0.25, 0.3) is 6.47 Å². The van der Waals surface area contributed by atoms with Gasteiger partial charge in [-0.2, -0.15) is 5.26 Å². The first-order valence-corrected chi connectivity index (χ1v) is 7.09. The molecule has 5 heteroatoms. The summed E-state index contributed by atoms with van der Waals surface area (Å²) in [6, 6.07) is 15.8. The quantitative estimate of drug-likeness (QED) is 0.693. The summed E-state index contributed by atoms with van der Waals surface area (Å²) in [6.45, 7) is 2.64. The average molecular weight is 311 g/mol. The number of hydrogen-bond donors (Lipinski definition) is 1. The monoisotopic (exact) mass is 311 g/mol. The zero-order chi connectivity index (χ0) is 17.2. The van der Waals surface area contributed by atoms with E-state index in [1.165, 1.54) is 5.56 Å². The van der Waals surface area contributed by atoms with Gasteiger partial charge in [-0.3, -0.25) is 4.79 Å². The molecule has 0 amide bonds. The molecule has 2 rings (SSSR count). The van der Waals surface area contributed by atoms with Crippen LogP contribution >= 0.6 is 0 Å². The molecule has 0 heterocycles. The number of nitrogens with two attached hydrogens (primary N) is 1. The summed E-state index contributed by atoms with van der Waals surface area (Å²) in [4.78, 5) is 12.4. The summed E-state index contributed by atoms with van der Waals surface area (Å²) in [5, 5.41) is 7.50. The number of carbonyl (C=O) groups excluding carboxylic acids is 1. The molecular formula is C18H21N3O2. The third-order valence-electron chi connectivity index (χ3n) is 3.09. The van der Waals surface area contributed by atoms with Gasteiger partial charge in [0, 0.05) is 14.1 Å². The molecule has 5 nitrogen and oxygen atoms in total. The second kappa shape index (κ2) is 9.23. The van der Waals surface area contributed by atoms with Crippen molar-refractivity contribution in [3.8, 4) is 22.9 Å². The van der Waals surface area contributed by atoms with E-state index >= 15 is 0 Å². The maximum atomic E-state index is 10.5. The van der Waals surface area contributed by atoms with E-state index in [1.54, 1.807) is 6.07 Å². The van der Waals surface area contributed by atoms with Crippen molar-refractivity contribution in [1.82, 2.24) is 0 Å². The number of hydrogen-bond acceptors (Lipinski definition) is 5. The van der Waals surface area contributed by atoms with Crippen LogP contribution in [-0.2, 0) is 4.79 Å². The highest BCUT2D eigenvalue weighted by Gasteiger charge is 2.08. The van der Waals surface area contributed by atoms with Crippen LogP contribution in [0.3, 0.4) is 0 Å². The summed E-state index contributed by atoms with van der Waals surface area (Å²) in [7, 11) is 3.85. The molecule has 0 aliphatic heterocycles. The fraction of sp³-hybridized carbons (Fsp3) is 0.222. The lowest BCUT2D eigenvalue weighted by Gasteiger charge is -2.17. The molecule has 0 radical (unpaired) electrons. The summed E-state index contributed by atoms with van der Waals surface area (Å²) < 4.78 is 4.99. The maximum Gasteiger partial charge on any atom is 0.298 e. The highest BCUT2D eigenvalue weighted by Crippen LogP contribution is 2.32. The van der Waals surface area contributed by atoms with Gasteiger partial charge < -0.3 is 15.4 Å². The predicted octanol–water partition coefficient (Wildman–Crippen LogP) is 2.73. The largest absolute Gasteiger partial charge is 0.427 e. The van der Waals surface area contributed by atoms with Crippen molar-refractivity contribution in [2.24, 2.45) is 5.73 Å². The molecule has 0 aromatic heterocycles. The minimum atomic E-state index is 0.125. The van der Waals surface area contributed by atoms with Gasteiger partial charge >= 0.3 is 0 Å². The Morgan fingerprint density at radius 3 is 2.22 bits per heavy atom. The fourth-order valence-corrected chi connectivity index (χ4v) is 1.94. The molecule has 0 bridgehead atoms. The van der Waals surface area contributed by atoms with Gasteiger partial charge in [0.15, 0.2) is 5.75 Å². The Labute approximate surface area is 136 Å². The number of ether oxygens (including phenoxy) is 1. The summed E-state index contributed by atoms with van der Waals surface area (Å²) >= 11 is 0. The van der Waals surface area contributed by atoms with Crippen molar-refractivity contribution >= 4 is 12.2 Å². The van der Waals surface area contributed by atoms with Gasteiger partial charge in [0.2, 0.25) is 0 Å². The lowest BCUT2D eigenvalue weighted by molar-refractivity contribution is -0.120. The molecule has 0 saturated carbocycles. The predicted molar refractivity (Wildman–Crippen MR) is 92.3 cm³/mol. The van der Waals surface area contributed by atoms with Crippen LogP contribution in [0.25, 0.3) is 11.1 Å². The normalized spacial score (nSPS) is 9.17. The zero-order valence-electron chi connectivity index (χ0n) is 13.6. The number of anilines is 1. The Morgan fingerprint density at radius 1 is 1.17 bits per heavy atom. The lowest BCUT2D eigenvalue weighted by Crippen LogP contribution is -2.10. The van der Waals surface area contributed by atoms with Crippen LogP contribution in [0, 0.1) is 18.3 Å². The average Bonchev–Trinajstić information content (AvgIpc) is 2.56. The van der Waals surface area contributed by atoms with E-state index in [0.717, 1.165) is 16.8 Å². The number of benzene rings is 2. The van der Waals surface area contributed by atoms with Crippen molar-refractivity contribution in [3.05, 3.63) is 48.0 Å². The molecule has 0 unspecified atom stereocenters. The number of rotatable bonds is 4. The molecule has 0 atom stereocenters. The van der Waals surface area contributed by atoms with Crippen LogP contribution in [0.15, 0.2) is 42.5 Å². The van der Waals surface area contributed by atoms with Crippen molar-refractivity contribution in [2.45, 2.75) is 6.92 Å². The Bertz CT molecular complexity index is 674. The van der Waals surface area contributed by atoms with Gasteiger partial charge in [-0.15, -0.1) is 0 Å². The number of carbonyl (C=O) groups is 1. The number of nitrogens with zero attached hydrogens (tertiary/aromatic N) is 2. The van der Waals surface area contributed by atoms with E-state index in [2.05, 4.69) is 36.9 Å². The molecule has 0 spiro atoms. The lowest BCUT2D eigenvalue weighted by atomic mass is 10.0. The van der Waals surface area contributed by atoms with Crippen molar-refractivity contribution in [1.29, 1.82) is 5.26 Å². The van der Waals surface area contributed by atoms with Crippen molar-refractivity contribution in [3.63, 3.8) is 0 Å². The fourth-order valence-electron chi connectivity index (χ4n) is 1.94. The molecule has 0 saturated heterocycles. The van der Waals surface area contributed by atoms with Crippen LogP contribution in [0.2, 0.25) is 0 Å². The molecule has 23 heavy (non-hydrogen) atoms. The van der Waals surface area contributed by atoms with Gasteiger partial charge in [0.1, 0.15) is 0 Å². The Hall–Kier alpha value is -2.84. The molecular weight excluding hydrogens is 290 g/mol. The van der Waals surface area contributed by atoms with Gasteiger partial charge in [-0.25, -0.2) is 0 Å². The first-order valence-electron chi connectivity index (χ1n) is 7.09. The first-order chi connectivity index (χ1) is 11.0. The van der Waals surface area contributed by atoms with Crippen LogP contribution < -0.4 is 15.4 Å². The summed E-state index contributed by atoms with van der Waals surface area (Å²) in [5.41, 5.74) is 9.02. The zero-order valence-corrected chi connectivity index (χ0v) is 13.6. The third kappa shape index (κ3) is 5.46. The minimum absolute atomic E-state index is 0.125. The molecule has 120 valence electrons. The van der Waals surface area contributed by atoms with E-state index in [4.69, 9.17) is 10.00 Å². The first kappa shape index (κ1) is 18.2. The number of aryl methyl sites for hydroxylation is 1. The smallest absolute Gasteiger partial charge is 0.298 e. The topological polar surface area (TPSA) is 79.3 Å². The summed E-state index contributed by atoms with van der Waals surface area (Å²) in [5.74, 6) is 0.566. The van der Waals surface area contributed by atoms with Crippen molar-refractivity contribution in [2.75, 3.05) is 25.5 Å². The van der Waals surface area contributed by atoms with E-state index in [0.29, 0.717) is 12.2 Å². The van der Waals surface area contributed by atoms with Crippen molar-refractivity contribution < 1.29 is 9.53 Å². The van der Waals surface area contributed by atoms with Crippen LogP contribution in [0.1, 0.15) is 5.56 Å². The molecule has 2 aromatic rings. The van der Waals surface area contributed by atoms with Gasteiger partial charge in [-0.1, -0.05) is 35.9 Å². The molecule has 2 N–H and O–H groups in total. The SMILES string of the molecule is Cc1ccc(-c2ccc(OC=O)c(N(C)C)c2)cc1.N#CCN. The molecule has 2 aromatic carbocycles. The number of nitriles is 1. The van der Waals surface area contributed by atoms with E-state index < -0.39 is 0 Å². The molecule has 0 aliphatic carbocycles. The Morgan fingerprint density at radius 2 is 1.74 bits per heavy atom. The Balaban J connectivity index is 0.000000593. The molecule has 0 fully saturated rings. The second-order valence-corrected chi connectivity index (χ2v) is 5.02. The van der Waals surface area contributed by atoms with Crippen LogP contribution in [0.5, 0.6) is 5.75 Å². The van der Waals surface area contributed by atoms with Gasteiger partial charge in [0.05, 0.1) is 18.3 Å². The van der Waals surface area contributed by atoms with Crippen LogP contribution in [-0.4, -0.2) is 27.1 Å². The maximum absolute atomic E-state index is 10.5. The second-order valence-electron chi connectivity index (χ2n) is 5.02. The highest BCUT2D eigenvalue weighted by atomic mass is 16.5. The molecule has 0 aliphatic rings. The van der Waals surface area contributed by atoms with E-state index in [-0.39, 0.29) is 6.54 Å². The summed E-state index contributed by atoms with van der Waals surface area (Å²) in [6.07, 6.45) is 0. The minimum Gasteiger partial charge on any atom is -0.427 e. The third-order valence-corrected chi connectivity index (χ3v) is 3.09. The Kier molecular flexibility index (Phi) is 7.31. The van der Waals surface area contributed by atoms with Crippen LogP contribution in [0.4, 0.5) is 5.69 Å².